The molecular weight excluding hydrogens is 425 g/mol. The molecule has 0 radical (unpaired) electrons. The highest BCUT2D eigenvalue weighted by atomic mass is 19.4. The van der Waals surface area contributed by atoms with E-state index in [0.717, 1.165) is 24.5 Å². The van der Waals surface area contributed by atoms with E-state index in [1.165, 1.54) is 12.1 Å². The van der Waals surface area contributed by atoms with Gasteiger partial charge in [0.05, 0.1) is 18.8 Å². The maximum Gasteiger partial charge on any atom is 0.573 e. The first-order valence-electron chi connectivity index (χ1n) is 10.5. The van der Waals surface area contributed by atoms with Crippen molar-refractivity contribution >= 4 is 11.7 Å². The van der Waals surface area contributed by atoms with E-state index in [1.807, 2.05) is 17.0 Å². The summed E-state index contributed by atoms with van der Waals surface area (Å²) in [5.41, 5.74) is 1.46. The molecule has 1 aromatic carbocycles. The number of pyridine rings is 1. The van der Waals surface area contributed by atoms with Gasteiger partial charge in [0.1, 0.15) is 11.6 Å². The Kier molecular flexibility index (Phi) is 6.80. The zero-order valence-electron chi connectivity index (χ0n) is 17.6. The van der Waals surface area contributed by atoms with Crippen LogP contribution in [0.3, 0.4) is 0 Å². The largest absolute Gasteiger partial charge is 0.573 e. The topological polar surface area (TPSA) is 58.1 Å². The molecule has 0 aliphatic carbocycles. The van der Waals surface area contributed by atoms with Crippen molar-refractivity contribution in [2.75, 3.05) is 57.4 Å². The van der Waals surface area contributed by atoms with Crippen LogP contribution >= 0.6 is 0 Å². The van der Waals surface area contributed by atoms with Crippen LogP contribution in [-0.2, 0) is 11.3 Å². The van der Waals surface area contributed by atoms with Crippen molar-refractivity contribution in [3.05, 3.63) is 53.7 Å². The standard InChI is InChI=1S/C22H25F3N4O3/c23-22(24,25)32-19-4-1-17(2-5-19)16-27-7-9-29(10-8-27)21(30)18-3-6-20(26-15-18)28-11-13-31-14-12-28/h1-6,15H,7-14,16H2. The maximum absolute atomic E-state index is 12.8. The van der Waals surface area contributed by atoms with Gasteiger partial charge in [-0.1, -0.05) is 12.1 Å². The molecule has 4 rings (SSSR count). The number of carbonyl (C=O) groups excluding carboxylic acids is 1. The third-order valence-corrected chi connectivity index (χ3v) is 5.55. The fourth-order valence-corrected chi connectivity index (χ4v) is 3.84. The van der Waals surface area contributed by atoms with Gasteiger partial charge in [-0.2, -0.15) is 0 Å². The van der Waals surface area contributed by atoms with Crippen molar-refractivity contribution < 1.29 is 27.4 Å². The molecule has 0 bridgehead atoms. The van der Waals surface area contributed by atoms with Crippen molar-refractivity contribution in [1.29, 1.82) is 0 Å². The van der Waals surface area contributed by atoms with Crippen LogP contribution in [0.2, 0.25) is 0 Å². The summed E-state index contributed by atoms with van der Waals surface area (Å²) < 4.78 is 46.1. The first kappa shape index (κ1) is 22.3. The Morgan fingerprint density at radius 1 is 0.969 bits per heavy atom. The number of nitrogens with zero attached hydrogens (tertiary/aromatic N) is 4. The Morgan fingerprint density at radius 3 is 2.25 bits per heavy atom. The first-order chi connectivity index (χ1) is 15.4. The highest BCUT2D eigenvalue weighted by Crippen LogP contribution is 2.23. The molecule has 32 heavy (non-hydrogen) atoms. The van der Waals surface area contributed by atoms with Gasteiger partial charge in [-0.15, -0.1) is 13.2 Å². The Morgan fingerprint density at radius 2 is 1.66 bits per heavy atom. The van der Waals surface area contributed by atoms with E-state index in [-0.39, 0.29) is 11.7 Å². The van der Waals surface area contributed by atoms with Crippen molar-refractivity contribution in [2.24, 2.45) is 0 Å². The van der Waals surface area contributed by atoms with Gasteiger partial charge in [0.25, 0.3) is 5.91 Å². The van der Waals surface area contributed by atoms with Crippen LogP contribution in [0.15, 0.2) is 42.6 Å². The lowest BCUT2D eigenvalue weighted by molar-refractivity contribution is -0.274. The normalized spacial score (nSPS) is 18.0. The minimum absolute atomic E-state index is 0.0423. The van der Waals surface area contributed by atoms with E-state index in [4.69, 9.17) is 4.74 Å². The van der Waals surface area contributed by atoms with Crippen molar-refractivity contribution in [2.45, 2.75) is 12.9 Å². The Balaban J connectivity index is 1.26. The summed E-state index contributed by atoms with van der Waals surface area (Å²) in [6, 6.07) is 9.57. The van der Waals surface area contributed by atoms with E-state index in [0.29, 0.717) is 51.5 Å². The van der Waals surface area contributed by atoms with Crippen LogP contribution in [0, 0.1) is 0 Å². The molecular formula is C22H25F3N4O3. The number of ether oxygens (including phenoxy) is 2. The highest BCUT2D eigenvalue weighted by Gasteiger charge is 2.31. The summed E-state index contributed by atoms with van der Waals surface area (Å²) in [5.74, 6) is 0.575. The second-order valence-corrected chi connectivity index (χ2v) is 7.76. The summed E-state index contributed by atoms with van der Waals surface area (Å²) in [4.78, 5) is 23.4. The van der Waals surface area contributed by atoms with Crippen LogP contribution < -0.4 is 9.64 Å². The van der Waals surface area contributed by atoms with Crippen LogP contribution in [-0.4, -0.2) is 79.5 Å². The molecule has 1 amide bonds. The van der Waals surface area contributed by atoms with Crippen LogP contribution in [0.4, 0.5) is 19.0 Å². The van der Waals surface area contributed by atoms with E-state index in [2.05, 4.69) is 19.5 Å². The molecule has 2 fully saturated rings. The third-order valence-electron chi connectivity index (χ3n) is 5.55. The fourth-order valence-electron chi connectivity index (χ4n) is 3.84. The van der Waals surface area contributed by atoms with E-state index >= 15 is 0 Å². The number of amides is 1. The van der Waals surface area contributed by atoms with Crippen LogP contribution in [0.5, 0.6) is 5.75 Å². The van der Waals surface area contributed by atoms with E-state index in [1.54, 1.807) is 18.3 Å². The summed E-state index contributed by atoms with van der Waals surface area (Å²) in [5, 5.41) is 0. The molecule has 0 saturated carbocycles. The quantitative estimate of drug-likeness (QED) is 0.699. The monoisotopic (exact) mass is 450 g/mol. The number of halogens is 3. The first-order valence-corrected chi connectivity index (χ1v) is 10.5. The maximum atomic E-state index is 12.8. The SMILES string of the molecule is O=C(c1ccc(N2CCOCC2)nc1)N1CCN(Cc2ccc(OC(F)(F)F)cc2)CC1. The number of alkyl halides is 3. The van der Waals surface area contributed by atoms with Gasteiger partial charge in [-0.25, -0.2) is 4.98 Å². The number of benzene rings is 1. The van der Waals surface area contributed by atoms with E-state index in [9.17, 15) is 18.0 Å². The number of hydrogen-bond acceptors (Lipinski definition) is 6. The average molecular weight is 450 g/mol. The minimum atomic E-state index is -4.69. The number of morpholine rings is 1. The molecule has 172 valence electrons. The lowest BCUT2D eigenvalue weighted by atomic mass is 10.1. The van der Waals surface area contributed by atoms with Crippen molar-refractivity contribution in [3.8, 4) is 5.75 Å². The number of anilines is 1. The molecule has 0 atom stereocenters. The van der Waals surface area contributed by atoms with Gasteiger partial charge < -0.3 is 19.3 Å². The fraction of sp³-hybridized carbons (Fsp3) is 0.455. The zero-order valence-corrected chi connectivity index (χ0v) is 17.6. The average Bonchev–Trinajstić information content (AvgIpc) is 2.80. The second-order valence-electron chi connectivity index (χ2n) is 7.76. The predicted molar refractivity (Wildman–Crippen MR) is 112 cm³/mol. The van der Waals surface area contributed by atoms with Crippen LogP contribution in [0.1, 0.15) is 15.9 Å². The lowest BCUT2D eigenvalue weighted by Gasteiger charge is -2.35. The predicted octanol–water partition coefficient (Wildman–Crippen LogP) is 2.77. The van der Waals surface area contributed by atoms with Gasteiger partial charge in [0.15, 0.2) is 0 Å². The molecule has 0 unspecified atom stereocenters. The molecule has 10 heteroatoms. The Hall–Kier alpha value is -2.85. The summed E-state index contributed by atoms with van der Waals surface area (Å²) in [7, 11) is 0. The van der Waals surface area contributed by atoms with Gasteiger partial charge in [-0.05, 0) is 29.8 Å². The summed E-state index contributed by atoms with van der Waals surface area (Å²) >= 11 is 0. The number of hydrogen-bond donors (Lipinski definition) is 0. The molecule has 3 heterocycles. The van der Waals surface area contributed by atoms with Gasteiger partial charge in [-0.3, -0.25) is 9.69 Å². The molecule has 2 aliphatic rings. The third kappa shape index (κ3) is 5.89. The number of aromatic nitrogens is 1. The summed E-state index contributed by atoms with van der Waals surface area (Å²) in [6.45, 7) is 6.08. The number of piperazine rings is 1. The minimum Gasteiger partial charge on any atom is -0.406 e. The van der Waals surface area contributed by atoms with Crippen LogP contribution in [0.25, 0.3) is 0 Å². The summed E-state index contributed by atoms with van der Waals surface area (Å²) in [6.07, 6.45) is -3.06. The smallest absolute Gasteiger partial charge is 0.406 e. The van der Waals surface area contributed by atoms with Crippen molar-refractivity contribution in [3.63, 3.8) is 0 Å². The number of rotatable bonds is 5. The molecule has 2 saturated heterocycles. The van der Waals surface area contributed by atoms with Crippen molar-refractivity contribution in [1.82, 2.24) is 14.8 Å². The van der Waals surface area contributed by atoms with Gasteiger partial charge >= 0.3 is 6.36 Å². The molecule has 2 aromatic rings. The Bertz CT molecular complexity index is 892. The lowest BCUT2D eigenvalue weighted by Crippen LogP contribution is -2.48. The second kappa shape index (κ2) is 9.74. The van der Waals surface area contributed by atoms with E-state index < -0.39 is 6.36 Å². The van der Waals surface area contributed by atoms with Gasteiger partial charge in [0, 0.05) is 52.0 Å². The molecule has 0 spiro atoms. The Labute approximate surface area is 184 Å². The number of carbonyl (C=O) groups is 1. The highest BCUT2D eigenvalue weighted by molar-refractivity contribution is 5.94. The molecule has 7 nitrogen and oxygen atoms in total. The molecule has 1 aromatic heterocycles. The zero-order chi connectivity index (χ0) is 22.6. The van der Waals surface area contributed by atoms with Gasteiger partial charge in [0.2, 0.25) is 0 Å². The molecule has 2 aliphatic heterocycles. The molecule has 0 N–H and O–H groups in total.